The zero-order valence-electron chi connectivity index (χ0n) is 11.4. The number of piperidine rings is 1. The molecule has 2 saturated heterocycles. The van der Waals surface area contributed by atoms with Crippen LogP contribution >= 0.6 is 0 Å². The summed E-state index contributed by atoms with van der Waals surface area (Å²) < 4.78 is 40.2. The molecule has 0 aromatic heterocycles. The van der Waals surface area contributed by atoms with E-state index >= 15 is 0 Å². The fraction of sp³-hybridized carbons (Fsp3) is 0.571. The first-order valence-electron chi connectivity index (χ1n) is 6.95. The first-order chi connectivity index (χ1) is 9.45. The van der Waals surface area contributed by atoms with Crippen LogP contribution in [-0.2, 0) is 10.0 Å². The zero-order chi connectivity index (χ0) is 14.3. The molecule has 3 rings (SSSR count). The second-order valence-corrected chi connectivity index (χ2v) is 7.51. The SMILES string of the molecule is CN1C2CCC1CC(NS(=O)(=O)c1ccc(F)cc1)C2. The molecule has 6 heteroatoms. The van der Waals surface area contributed by atoms with Gasteiger partial charge in [-0.3, -0.25) is 0 Å². The van der Waals surface area contributed by atoms with Crippen molar-refractivity contribution < 1.29 is 12.8 Å². The molecule has 2 aliphatic rings. The van der Waals surface area contributed by atoms with Gasteiger partial charge in [-0.25, -0.2) is 17.5 Å². The van der Waals surface area contributed by atoms with Crippen LogP contribution in [0.3, 0.4) is 0 Å². The van der Waals surface area contributed by atoms with E-state index in [1.807, 2.05) is 0 Å². The topological polar surface area (TPSA) is 49.4 Å². The summed E-state index contributed by atoms with van der Waals surface area (Å²) in [6, 6.07) is 5.91. The summed E-state index contributed by atoms with van der Waals surface area (Å²) in [5.41, 5.74) is 0. The van der Waals surface area contributed by atoms with Crippen molar-refractivity contribution in [2.24, 2.45) is 0 Å². The highest BCUT2D eigenvalue weighted by atomic mass is 32.2. The minimum absolute atomic E-state index is 0.0150. The number of halogens is 1. The Morgan fingerprint density at radius 1 is 1.15 bits per heavy atom. The van der Waals surface area contributed by atoms with Gasteiger partial charge in [-0.2, -0.15) is 0 Å². The summed E-state index contributed by atoms with van der Waals surface area (Å²) >= 11 is 0. The highest BCUT2D eigenvalue weighted by molar-refractivity contribution is 7.89. The number of sulfonamides is 1. The fourth-order valence-corrected chi connectivity index (χ4v) is 4.67. The van der Waals surface area contributed by atoms with Crippen LogP contribution in [0.15, 0.2) is 29.2 Å². The summed E-state index contributed by atoms with van der Waals surface area (Å²) in [5, 5.41) is 0. The maximum Gasteiger partial charge on any atom is 0.240 e. The molecule has 2 fully saturated rings. The molecule has 4 nitrogen and oxygen atoms in total. The van der Waals surface area contributed by atoms with E-state index < -0.39 is 15.8 Å². The first-order valence-corrected chi connectivity index (χ1v) is 8.44. The highest BCUT2D eigenvalue weighted by Gasteiger charge is 2.39. The van der Waals surface area contributed by atoms with Crippen LogP contribution in [0.5, 0.6) is 0 Å². The van der Waals surface area contributed by atoms with Crippen molar-refractivity contribution >= 4 is 10.0 Å². The summed E-state index contributed by atoms with van der Waals surface area (Å²) in [6.07, 6.45) is 4.01. The van der Waals surface area contributed by atoms with Gasteiger partial charge in [-0.05, 0) is 57.0 Å². The van der Waals surface area contributed by atoms with Gasteiger partial charge in [-0.1, -0.05) is 0 Å². The molecule has 1 N–H and O–H groups in total. The van der Waals surface area contributed by atoms with Gasteiger partial charge >= 0.3 is 0 Å². The molecule has 2 heterocycles. The first kappa shape index (κ1) is 14.0. The van der Waals surface area contributed by atoms with Gasteiger partial charge in [0.1, 0.15) is 5.82 Å². The number of hydrogen-bond acceptors (Lipinski definition) is 3. The molecule has 2 unspecified atom stereocenters. The van der Waals surface area contributed by atoms with Gasteiger partial charge in [0, 0.05) is 18.1 Å². The standard InChI is InChI=1S/C14H19FN2O2S/c1-17-12-4-5-13(17)9-11(8-12)16-20(18,19)14-6-2-10(15)3-7-14/h2-3,6-7,11-13,16H,4-5,8-9H2,1H3. The number of benzene rings is 1. The second-order valence-electron chi connectivity index (χ2n) is 5.79. The molecule has 20 heavy (non-hydrogen) atoms. The van der Waals surface area contributed by atoms with Gasteiger partial charge in [0.05, 0.1) is 4.90 Å². The Bertz CT molecular complexity index is 574. The second kappa shape index (κ2) is 5.09. The summed E-state index contributed by atoms with van der Waals surface area (Å²) in [7, 11) is -1.43. The lowest BCUT2D eigenvalue weighted by Crippen LogP contribution is -2.48. The normalized spacial score (nSPS) is 30.6. The highest BCUT2D eigenvalue weighted by Crippen LogP contribution is 2.34. The summed E-state index contributed by atoms with van der Waals surface area (Å²) in [5.74, 6) is -0.429. The van der Waals surface area contributed by atoms with Crippen LogP contribution in [0.4, 0.5) is 4.39 Å². The van der Waals surface area contributed by atoms with Gasteiger partial charge in [0.25, 0.3) is 0 Å². The number of hydrogen-bond donors (Lipinski definition) is 1. The average molecular weight is 298 g/mol. The van der Waals surface area contributed by atoms with E-state index in [4.69, 9.17) is 0 Å². The van der Waals surface area contributed by atoms with E-state index in [1.165, 1.54) is 24.3 Å². The summed E-state index contributed by atoms with van der Waals surface area (Å²) in [4.78, 5) is 2.49. The lowest BCUT2D eigenvalue weighted by molar-refractivity contribution is 0.157. The van der Waals surface area contributed by atoms with E-state index in [-0.39, 0.29) is 10.9 Å². The fourth-order valence-electron chi connectivity index (χ4n) is 3.41. The lowest BCUT2D eigenvalue weighted by Gasteiger charge is -2.36. The molecule has 0 amide bonds. The van der Waals surface area contributed by atoms with Crippen molar-refractivity contribution in [2.45, 2.75) is 48.7 Å². The van der Waals surface area contributed by atoms with Crippen molar-refractivity contribution in [3.63, 3.8) is 0 Å². The monoisotopic (exact) mass is 298 g/mol. The maximum atomic E-state index is 12.9. The molecule has 2 atom stereocenters. The quantitative estimate of drug-likeness (QED) is 0.924. The van der Waals surface area contributed by atoms with Crippen molar-refractivity contribution in [1.29, 1.82) is 0 Å². The Morgan fingerprint density at radius 2 is 1.70 bits per heavy atom. The van der Waals surface area contributed by atoms with Crippen LogP contribution in [-0.4, -0.2) is 38.5 Å². The van der Waals surface area contributed by atoms with Crippen LogP contribution in [0.2, 0.25) is 0 Å². The maximum absolute atomic E-state index is 12.9. The van der Waals surface area contributed by atoms with Gasteiger partial charge in [0.2, 0.25) is 10.0 Å². The summed E-state index contributed by atoms with van der Waals surface area (Å²) in [6.45, 7) is 0. The van der Waals surface area contributed by atoms with E-state index in [9.17, 15) is 12.8 Å². The van der Waals surface area contributed by atoms with Crippen LogP contribution in [0, 0.1) is 5.82 Å². The van der Waals surface area contributed by atoms with E-state index in [0.717, 1.165) is 25.7 Å². The molecule has 110 valence electrons. The Morgan fingerprint density at radius 3 is 2.25 bits per heavy atom. The Balaban J connectivity index is 1.73. The van der Waals surface area contributed by atoms with Crippen LogP contribution < -0.4 is 4.72 Å². The average Bonchev–Trinajstić information content (AvgIpc) is 2.62. The van der Waals surface area contributed by atoms with Crippen LogP contribution in [0.25, 0.3) is 0 Å². The zero-order valence-corrected chi connectivity index (χ0v) is 12.2. The van der Waals surface area contributed by atoms with Gasteiger partial charge < -0.3 is 4.90 Å². The number of fused-ring (bicyclic) bond motifs is 2. The van der Waals surface area contributed by atoms with Crippen molar-refractivity contribution in [2.75, 3.05) is 7.05 Å². The minimum atomic E-state index is -3.55. The third-order valence-corrected chi connectivity index (χ3v) is 6.08. The molecule has 0 spiro atoms. The van der Waals surface area contributed by atoms with Gasteiger partial charge in [-0.15, -0.1) is 0 Å². The molecule has 2 bridgehead atoms. The minimum Gasteiger partial charge on any atom is -0.300 e. The molecular weight excluding hydrogens is 279 g/mol. The van der Waals surface area contributed by atoms with E-state index in [0.29, 0.717) is 12.1 Å². The molecule has 0 radical (unpaired) electrons. The van der Waals surface area contributed by atoms with E-state index in [2.05, 4.69) is 16.7 Å². The number of rotatable bonds is 3. The molecule has 1 aromatic carbocycles. The number of nitrogens with zero attached hydrogens (tertiary/aromatic N) is 1. The Kier molecular flexibility index (Phi) is 3.56. The van der Waals surface area contributed by atoms with Crippen molar-refractivity contribution in [1.82, 2.24) is 9.62 Å². The molecule has 0 saturated carbocycles. The largest absolute Gasteiger partial charge is 0.300 e. The van der Waals surface area contributed by atoms with Crippen molar-refractivity contribution in [3.8, 4) is 0 Å². The molecule has 0 aliphatic carbocycles. The Hall–Kier alpha value is -0.980. The lowest BCUT2D eigenvalue weighted by atomic mass is 9.99. The van der Waals surface area contributed by atoms with Gasteiger partial charge in [0.15, 0.2) is 0 Å². The van der Waals surface area contributed by atoms with E-state index in [1.54, 1.807) is 0 Å². The van der Waals surface area contributed by atoms with Crippen LogP contribution in [0.1, 0.15) is 25.7 Å². The van der Waals surface area contributed by atoms with Crippen molar-refractivity contribution in [3.05, 3.63) is 30.1 Å². The molecule has 2 aliphatic heterocycles. The third-order valence-electron chi connectivity index (χ3n) is 4.54. The molecule has 1 aromatic rings. The smallest absolute Gasteiger partial charge is 0.240 e. The predicted molar refractivity (Wildman–Crippen MR) is 74.3 cm³/mol. The number of nitrogens with one attached hydrogen (secondary N) is 1. The Labute approximate surface area is 119 Å². The molecular formula is C14H19FN2O2S. The third kappa shape index (κ3) is 2.60. The predicted octanol–water partition coefficient (Wildman–Crippen LogP) is 1.73.